The van der Waals surface area contributed by atoms with Crippen LogP contribution in [0, 0.1) is 55.4 Å². The summed E-state index contributed by atoms with van der Waals surface area (Å²) in [6, 6.07) is 15.7. The number of benzene rings is 4. The summed E-state index contributed by atoms with van der Waals surface area (Å²) in [5, 5.41) is 20.5. The zero-order valence-corrected chi connectivity index (χ0v) is 32.5. The van der Waals surface area contributed by atoms with Crippen molar-refractivity contribution in [1.29, 1.82) is 0 Å². The first-order valence-corrected chi connectivity index (χ1v) is 16.7. The number of aryl methyl sites for hydroxylation is 8. The molecular weight excluding hydrogens is 606 g/mol. The average molecular weight is 653 g/mol. The molecule has 2 N–H and O–H groups in total. The normalized spacial score (nSPS) is 12.1. The molecule has 0 saturated heterocycles. The standard InChI is InChI=1S/C38H47O6P.Na/c1-21-13-29(14-22(2)33(21)39)37(9,10)31-17-25(5)35(26(6)18-31)43-45(41,42)44-36-27(7)19-32(20-28(36)8)38(11,12)30-15-23(3)34(40)24(4)16-30;/h13-20,39-40H,1-12H3,(H,41,42);/q;+1/p-1. The minimum Gasteiger partial charge on any atom is -0.736 e. The first kappa shape index (κ1) is 37.7. The average Bonchev–Trinajstić information content (AvgIpc) is 2.93. The molecule has 0 aliphatic carbocycles. The molecule has 0 unspecified atom stereocenters. The van der Waals surface area contributed by atoms with Crippen LogP contribution in [0.4, 0.5) is 0 Å². The molecule has 0 aromatic heterocycles. The van der Waals surface area contributed by atoms with E-state index in [1.165, 1.54) is 0 Å². The number of phosphoric acid groups is 1. The molecule has 0 amide bonds. The molecule has 4 rings (SSSR count). The maximum atomic E-state index is 13.3. The van der Waals surface area contributed by atoms with E-state index in [2.05, 4.69) is 27.7 Å². The third-order valence-electron chi connectivity index (χ3n) is 9.20. The number of aromatic hydroxyl groups is 2. The van der Waals surface area contributed by atoms with E-state index in [9.17, 15) is 19.7 Å². The van der Waals surface area contributed by atoms with Gasteiger partial charge in [0.25, 0.3) is 0 Å². The third-order valence-corrected chi connectivity index (χ3v) is 10.0. The van der Waals surface area contributed by atoms with Crippen molar-refractivity contribution >= 4 is 7.82 Å². The molecule has 240 valence electrons. The van der Waals surface area contributed by atoms with Gasteiger partial charge in [-0.1, -0.05) is 76.2 Å². The van der Waals surface area contributed by atoms with Crippen LogP contribution in [-0.4, -0.2) is 10.2 Å². The van der Waals surface area contributed by atoms with Gasteiger partial charge in [0.2, 0.25) is 0 Å². The summed E-state index contributed by atoms with van der Waals surface area (Å²) < 4.78 is 24.6. The van der Waals surface area contributed by atoms with Crippen LogP contribution in [0.15, 0.2) is 48.5 Å². The van der Waals surface area contributed by atoms with E-state index in [1.807, 2.05) is 104 Å². The van der Waals surface area contributed by atoms with Crippen molar-refractivity contribution in [2.75, 3.05) is 0 Å². The smallest absolute Gasteiger partial charge is 0.736 e. The van der Waals surface area contributed by atoms with Crippen molar-refractivity contribution in [3.8, 4) is 23.0 Å². The summed E-state index contributed by atoms with van der Waals surface area (Å²) >= 11 is 0. The van der Waals surface area contributed by atoms with Crippen molar-refractivity contribution in [3.63, 3.8) is 0 Å². The van der Waals surface area contributed by atoms with Crippen LogP contribution in [0.5, 0.6) is 23.0 Å². The van der Waals surface area contributed by atoms with E-state index in [-0.39, 0.29) is 41.1 Å². The van der Waals surface area contributed by atoms with Gasteiger partial charge in [0.15, 0.2) is 0 Å². The van der Waals surface area contributed by atoms with Crippen LogP contribution in [0.3, 0.4) is 0 Å². The topological polar surface area (TPSA) is 99.1 Å². The monoisotopic (exact) mass is 652 g/mol. The Labute approximate surface area is 296 Å². The predicted octanol–water partition coefficient (Wildman–Crippen LogP) is 6.15. The Hall–Kier alpha value is -2.73. The molecule has 0 aliphatic rings. The fourth-order valence-corrected chi connectivity index (χ4v) is 7.18. The van der Waals surface area contributed by atoms with Gasteiger partial charge in [0.05, 0.1) is 0 Å². The van der Waals surface area contributed by atoms with E-state index in [1.54, 1.807) is 0 Å². The van der Waals surface area contributed by atoms with E-state index in [4.69, 9.17) is 9.05 Å². The zero-order chi connectivity index (χ0) is 33.8. The van der Waals surface area contributed by atoms with Gasteiger partial charge in [-0.25, -0.2) is 4.57 Å². The minimum atomic E-state index is -4.81. The van der Waals surface area contributed by atoms with Gasteiger partial charge in [-0.15, -0.1) is 0 Å². The maximum Gasteiger partial charge on any atom is 1.00 e. The number of hydrogen-bond acceptors (Lipinski definition) is 6. The van der Waals surface area contributed by atoms with Crippen LogP contribution >= 0.6 is 7.82 Å². The van der Waals surface area contributed by atoms with E-state index >= 15 is 0 Å². The molecule has 0 radical (unpaired) electrons. The molecule has 0 heterocycles. The molecule has 0 bridgehead atoms. The van der Waals surface area contributed by atoms with Crippen LogP contribution in [0.25, 0.3) is 0 Å². The van der Waals surface area contributed by atoms with Crippen LogP contribution in [-0.2, 0) is 15.4 Å². The molecule has 6 nitrogen and oxygen atoms in total. The summed E-state index contributed by atoms with van der Waals surface area (Å²) in [7, 11) is -4.81. The first-order chi connectivity index (χ1) is 20.7. The first-order valence-electron chi connectivity index (χ1n) is 15.2. The van der Waals surface area contributed by atoms with Gasteiger partial charge in [0.1, 0.15) is 23.0 Å². The zero-order valence-electron chi connectivity index (χ0n) is 29.6. The Kier molecular flexibility index (Phi) is 11.0. The van der Waals surface area contributed by atoms with Crippen LogP contribution in [0.1, 0.15) is 94.5 Å². The Morgan fingerprint density at radius 3 is 0.913 bits per heavy atom. The summed E-state index contributed by atoms with van der Waals surface area (Å²) in [6.07, 6.45) is 0. The van der Waals surface area contributed by atoms with Crippen LogP contribution < -0.4 is 43.5 Å². The van der Waals surface area contributed by atoms with Gasteiger partial charge in [0, 0.05) is 10.8 Å². The number of phosphoric ester groups is 1. The van der Waals surface area contributed by atoms with E-state index < -0.39 is 18.7 Å². The molecule has 4 aromatic rings. The van der Waals surface area contributed by atoms with Crippen molar-refractivity contribution in [2.45, 2.75) is 93.9 Å². The molecule has 0 saturated carbocycles. The SMILES string of the molecule is Cc1cc(C(C)(C)c2cc(C)c(OP(=O)([O-])Oc3c(C)cc(C(C)(C)c4cc(C)c(O)c(C)c4)cc3C)c(C)c2)cc(C)c1O.[Na+]. The second-order valence-electron chi connectivity index (χ2n) is 13.7. The molecule has 0 fully saturated rings. The third kappa shape index (κ3) is 7.37. The molecule has 0 spiro atoms. The summed E-state index contributed by atoms with van der Waals surface area (Å²) in [5.41, 5.74) is 9.23. The second kappa shape index (κ2) is 13.4. The number of hydrogen-bond donors (Lipinski definition) is 2. The predicted molar refractivity (Wildman–Crippen MR) is 180 cm³/mol. The Balaban J connectivity index is 0.00000576. The number of rotatable bonds is 8. The Morgan fingerprint density at radius 2 is 0.696 bits per heavy atom. The van der Waals surface area contributed by atoms with Gasteiger partial charge < -0.3 is 24.2 Å². The Bertz CT molecular complexity index is 1630. The van der Waals surface area contributed by atoms with Crippen molar-refractivity contribution in [1.82, 2.24) is 0 Å². The maximum absolute atomic E-state index is 13.3. The molecule has 4 aromatic carbocycles. The molecule has 8 heteroatoms. The summed E-state index contributed by atoms with van der Waals surface area (Å²) in [5.74, 6) is 1.08. The molecule has 0 atom stereocenters. The van der Waals surface area contributed by atoms with E-state index in [0.717, 1.165) is 44.5 Å². The van der Waals surface area contributed by atoms with Crippen molar-refractivity contribution in [3.05, 3.63) is 115 Å². The molecular formula is C38H46NaO6P. The van der Waals surface area contributed by atoms with Crippen molar-refractivity contribution in [2.24, 2.45) is 0 Å². The largest absolute Gasteiger partial charge is 1.00 e. The number of phenolic OH excluding ortho intramolecular Hbond substituents is 2. The fraction of sp³-hybridized carbons (Fsp3) is 0.368. The summed E-state index contributed by atoms with van der Waals surface area (Å²) in [6.45, 7) is 23.3. The fourth-order valence-electron chi connectivity index (χ4n) is 6.12. The molecule has 0 aliphatic heterocycles. The number of phenols is 2. The van der Waals surface area contributed by atoms with Crippen LogP contribution in [0.2, 0.25) is 0 Å². The van der Waals surface area contributed by atoms with Gasteiger partial charge in [-0.3, -0.25) is 0 Å². The minimum absolute atomic E-state index is 0. The Morgan fingerprint density at radius 1 is 0.500 bits per heavy atom. The van der Waals surface area contributed by atoms with Gasteiger partial charge in [-0.05, 0) is 122 Å². The molecule has 46 heavy (non-hydrogen) atoms. The second-order valence-corrected chi connectivity index (χ2v) is 14.9. The van der Waals surface area contributed by atoms with E-state index in [0.29, 0.717) is 33.8 Å². The van der Waals surface area contributed by atoms with Crippen molar-refractivity contribution < 1.29 is 58.3 Å². The van der Waals surface area contributed by atoms with Gasteiger partial charge >= 0.3 is 37.4 Å². The quantitative estimate of drug-likeness (QED) is 0.175. The van der Waals surface area contributed by atoms with Gasteiger partial charge in [-0.2, -0.15) is 0 Å². The summed E-state index contributed by atoms with van der Waals surface area (Å²) in [4.78, 5) is 13.3.